The van der Waals surface area contributed by atoms with E-state index >= 15 is 0 Å². The number of nitrogens with one attached hydrogen (secondary N) is 2. The van der Waals surface area contributed by atoms with E-state index in [4.69, 9.17) is 5.11 Å². The Balaban J connectivity index is 0.000000204. The van der Waals surface area contributed by atoms with Crippen molar-refractivity contribution >= 4 is 56.8 Å². The third-order valence-electron chi connectivity index (χ3n) is 5.13. The molecule has 0 unspecified atom stereocenters. The molecule has 4 aromatic rings. The van der Waals surface area contributed by atoms with Crippen molar-refractivity contribution in [2.75, 3.05) is 0 Å². The van der Waals surface area contributed by atoms with E-state index in [2.05, 4.69) is 60.2 Å². The first-order valence-electron chi connectivity index (χ1n) is 10.5. The van der Waals surface area contributed by atoms with Crippen molar-refractivity contribution in [1.82, 2.24) is 19.9 Å². The molecule has 0 saturated heterocycles. The predicted octanol–water partition coefficient (Wildman–Crippen LogP) is 5.21. The monoisotopic (exact) mass is 486 g/mol. The van der Waals surface area contributed by atoms with E-state index in [9.17, 15) is 4.79 Å². The van der Waals surface area contributed by atoms with Crippen LogP contribution in [0.5, 0.6) is 0 Å². The number of aromatic nitrogens is 4. The predicted molar refractivity (Wildman–Crippen MR) is 132 cm³/mol. The molecule has 2 aliphatic rings. The summed E-state index contributed by atoms with van der Waals surface area (Å²) < 4.78 is 0.887. The van der Waals surface area contributed by atoms with Crippen LogP contribution in [0.3, 0.4) is 0 Å². The first-order chi connectivity index (χ1) is 16.5. The fraction of sp³-hybridized carbons (Fsp3) is 0. The van der Waals surface area contributed by atoms with Gasteiger partial charge in [0.05, 0.1) is 22.8 Å². The Morgan fingerprint density at radius 3 is 1.29 bits per heavy atom. The van der Waals surface area contributed by atoms with E-state index in [0.29, 0.717) is 5.56 Å². The second-order valence-electron chi connectivity index (χ2n) is 7.72. The normalized spacial score (nSPS) is 11.7. The summed E-state index contributed by atoms with van der Waals surface area (Å²) in [6, 6.07) is 22.9. The summed E-state index contributed by atoms with van der Waals surface area (Å²) in [7, 11) is 0. The molecule has 7 heteroatoms. The van der Waals surface area contributed by atoms with Crippen LogP contribution in [-0.4, -0.2) is 31.0 Å². The van der Waals surface area contributed by atoms with Crippen LogP contribution >= 0.6 is 0 Å². The van der Waals surface area contributed by atoms with Gasteiger partial charge in [0.1, 0.15) is 0 Å². The Morgan fingerprint density at radius 1 is 0.618 bits per heavy atom. The average Bonchev–Trinajstić information content (AvgIpc) is 3.60. The van der Waals surface area contributed by atoms with Crippen molar-refractivity contribution in [3.8, 4) is 0 Å². The van der Waals surface area contributed by atoms with Crippen molar-refractivity contribution in [2.24, 2.45) is 0 Å². The molecule has 0 amide bonds. The Morgan fingerprint density at radius 2 is 0.971 bits per heavy atom. The van der Waals surface area contributed by atoms with E-state index in [1.165, 1.54) is 0 Å². The molecule has 3 N–H and O–H groups in total. The Bertz CT molecular complexity index is 1420. The van der Waals surface area contributed by atoms with Gasteiger partial charge in [0, 0.05) is 22.1 Å². The standard InChI is InChI=1S/C20H14N4.C7H5O2.Mn/c1-2-14-10-16-5-6-18(23-16)12-20-8-7-19(24-20)11-17-4-3-15(22-17)9-13(1)21-14;8-7(9)6-4-2-1-3-5-6;/h1-12,21,24H;2-5H,(H,8,9);. The number of rotatable bonds is 1. The average molecular weight is 486 g/mol. The number of benzene rings is 1. The number of carboxylic acids is 1. The SMILES string of the molecule is C1=Cc2cc3ccc(cc4nc(cc5ccc(cc1n2)[nH]5)C=C4)[nH]3.O=C(O)c1cc[c]([Mn])cc1. The van der Waals surface area contributed by atoms with Gasteiger partial charge in [-0.25, -0.2) is 9.97 Å². The van der Waals surface area contributed by atoms with Crippen LogP contribution < -0.4 is 4.46 Å². The quantitative estimate of drug-likeness (QED) is 0.278. The van der Waals surface area contributed by atoms with Gasteiger partial charge in [-0.05, 0) is 72.8 Å². The van der Waals surface area contributed by atoms with Crippen LogP contribution in [0.4, 0.5) is 0 Å². The Hall–Kier alpha value is -4.19. The van der Waals surface area contributed by atoms with Crippen LogP contribution in [0, 0.1) is 0 Å². The summed E-state index contributed by atoms with van der Waals surface area (Å²) in [5.74, 6) is -0.896. The zero-order valence-electron chi connectivity index (χ0n) is 17.9. The van der Waals surface area contributed by atoms with E-state index in [1.807, 2.05) is 48.6 Å². The summed E-state index contributed by atoms with van der Waals surface area (Å²) in [6.45, 7) is 0. The number of carbonyl (C=O) groups is 1. The Labute approximate surface area is 203 Å². The molecular formula is C27H19MnN4O2. The van der Waals surface area contributed by atoms with Crippen LogP contribution in [0.2, 0.25) is 0 Å². The molecule has 0 radical (unpaired) electrons. The molecule has 0 spiro atoms. The van der Waals surface area contributed by atoms with E-state index in [0.717, 1.165) is 49.3 Å². The van der Waals surface area contributed by atoms with Gasteiger partial charge in [0.2, 0.25) is 0 Å². The molecule has 1 aromatic carbocycles. The second-order valence-corrected chi connectivity index (χ2v) is 8.40. The van der Waals surface area contributed by atoms with Crippen molar-refractivity contribution in [3.63, 3.8) is 0 Å². The van der Waals surface area contributed by atoms with E-state index < -0.39 is 5.97 Å². The number of carboxylic acid groups (broad SMARTS) is 1. The number of nitrogens with zero attached hydrogens (tertiary/aromatic N) is 2. The molecule has 0 atom stereocenters. The summed E-state index contributed by atoms with van der Waals surface area (Å²) in [5.41, 5.74) is 8.17. The first kappa shape index (κ1) is 21.6. The summed E-state index contributed by atoms with van der Waals surface area (Å²) in [6.07, 6.45) is 8.09. The van der Waals surface area contributed by atoms with E-state index in [-0.39, 0.29) is 0 Å². The zero-order chi connectivity index (χ0) is 23.5. The van der Waals surface area contributed by atoms with Crippen molar-refractivity contribution < 1.29 is 25.9 Å². The molecule has 0 aliphatic carbocycles. The molecule has 3 aromatic heterocycles. The van der Waals surface area contributed by atoms with E-state index in [1.54, 1.807) is 24.3 Å². The van der Waals surface area contributed by atoms with Gasteiger partial charge in [-0.3, -0.25) is 0 Å². The van der Waals surface area contributed by atoms with Crippen LogP contribution in [-0.2, 0) is 16.0 Å². The van der Waals surface area contributed by atoms with Gasteiger partial charge < -0.3 is 9.97 Å². The summed E-state index contributed by atoms with van der Waals surface area (Å²) >= 11 is 3.20. The van der Waals surface area contributed by atoms with Crippen molar-refractivity contribution in [1.29, 1.82) is 0 Å². The molecule has 6 rings (SSSR count). The minimum absolute atomic E-state index is 0.309. The van der Waals surface area contributed by atoms with Gasteiger partial charge in [-0.15, -0.1) is 0 Å². The number of H-pyrrole nitrogens is 2. The van der Waals surface area contributed by atoms with Gasteiger partial charge >= 0.3 is 66.2 Å². The summed E-state index contributed by atoms with van der Waals surface area (Å²) in [4.78, 5) is 26.3. The molecule has 2 aliphatic heterocycles. The Kier molecular flexibility index (Phi) is 5.95. The van der Waals surface area contributed by atoms with Gasteiger partial charge in [-0.1, -0.05) is 0 Å². The molecule has 0 fully saturated rings. The maximum atomic E-state index is 10.3. The van der Waals surface area contributed by atoms with Crippen LogP contribution in [0.1, 0.15) is 33.1 Å². The van der Waals surface area contributed by atoms with Crippen molar-refractivity contribution in [2.45, 2.75) is 0 Å². The second kappa shape index (κ2) is 9.35. The third-order valence-corrected chi connectivity index (χ3v) is 5.53. The molecule has 8 bridgehead atoms. The van der Waals surface area contributed by atoms with Crippen molar-refractivity contribution in [3.05, 3.63) is 101 Å². The van der Waals surface area contributed by atoms with Gasteiger partial charge in [-0.2, -0.15) is 0 Å². The third kappa shape index (κ3) is 5.23. The molecule has 34 heavy (non-hydrogen) atoms. The fourth-order valence-corrected chi connectivity index (χ4v) is 3.73. The molecule has 5 heterocycles. The number of aromatic amines is 2. The summed E-state index contributed by atoms with van der Waals surface area (Å²) in [5, 5.41) is 8.46. The van der Waals surface area contributed by atoms with Crippen LogP contribution in [0.25, 0.3) is 46.4 Å². The number of hydrogen-bond acceptors (Lipinski definition) is 3. The maximum absolute atomic E-state index is 10.3. The number of fused-ring (bicyclic) bond motifs is 8. The zero-order valence-corrected chi connectivity index (χ0v) is 19.0. The van der Waals surface area contributed by atoms with Gasteiger partial charge in [0.15, 0.2) is 0 Å². The molecular weight excluding hydrogens is 467 g/mol. The number of hydrogen-bond donors (Lipinski definition) is 3. The molecule has 6 nitrogen and oxygen atoms in total. The molecule has 166 valence electrons. The first-order valence-corrected chi connectivity index (χ1v) is 11.1. The topological polar surface area (TPSA) is 94.7 Å². The fourth-order valence-electron chi connectivity index (χ4n) is 3.54. The van der Waals surface area contributed by atoms with Crippen LogP contribution in [0.15, 0.2) is 72.8 Å². The molecule has 0 saturated carbocycles. The number of aromatic carboxylic acids is 1. The minimum atomic E-state index is -0.896. The van der Waals surface area contributed by atoms with Gasteiger partial charge in [0.25, 0.3) is 0 Å².